The third-order valence-electron chi connectivity index (χ3n) is 3.25. The van der Waals surface area contributed by atoms with Gasteiger partial charge in [0.25, 0.3) is 5.91 Å². The number of carbonyl (C=O) groups excluding carboxylic acids is 1. The Hall–Kier alpha value is -2.43. The van der Waals surface area contributed by atoms with Crippen molar-refractivity contribution in [2.45, 2.75) is 33.2 Å². The second-order valence-electron chi connectivity index (χ2n) is 5.31. The van der Waals surface area contributed by atoms with Crippen LogP contribution in [-0.2, 0) is 6.54 Å². The Bertz CT molecular complexity index is 652. The number of nitrogens with one attached hydrogen (secondary N) is 1. The minimum absolute atomic E-state index is 0.170. The number of anilines is 1. The number of rotatable bonds is 4. The Morgan fingerprint density at radius 1 is 1.38 bits per heavy atom. The van der Waals surface area contributed by atoms with Crippen molar-refractivity contribution in [2.75, 3.05) is 5.73 Å². The lowest BCUT2D eigenvalue weighted by molar-refractivity contribution is 0.0950. The van der Waals surface area contributed by atoms with Crippen molar-refractivity contribution >= 4 is 11.7 Å². The summed E-state index contributed by atoms with van der Waals surface area (Å²) < 4.78 is 0. The normalized spacial score (nSPS) is 10.7. The topological polar surface area (TPSA) is 80.9 Å². The molecule has 2 rings (SSSR count). The molecular formula is C16H20N4O. The van der Waals surface area contributed by atoms with Crippen LogP contribution in [0.3, 0.4) is 0 Å². The van der Waals surface area contributed by atoms with Crippen LogP contribution in [0.2, 0.25) is 0 Å². The van der Waals surface area contributed by atoms with Gasteiger partial charge in [-0.15, -0.1) is 0 Å². The van der Waals surface area contributed by atoms with Gasteiger partial charge < -0.3 is 11.1 Å². The molecule has 0 aliphatic carbocycles. The molecule has 0 aromatic carbocycles. The SMILES string of the molecule is Cc1cccnc1CNC(=O)c1cc(N)nc(C(C)C)c1. The molecule has 0 saturated heterocycles. The lowest BCUT2D eigenvalue weighted by Gasteiger charge is -2.10. The highest BCUT2D eigenvalue weighted by Crippen LogP contribution is 2.16. The van der Waals surface area contributed by atoms with Gasteiger partial charge in [-0.3, -0.25) is 9.78 Å². The molecule has 5 heteroatoms. The van der Waals surface area contributed by atoms with Gasteiger partial charge in [0.05, 0.1) is 12.2 Å². The highest BCUT2D eigenvalue weighted by Gasteiger charge is 2.11. The van der Waals surface area contributed by atoms with Crippen LogP contribution < -0.4 is 11.1 Å². The number of aryl methyl sites for hydroxylation is 1. The summed E-state index contributed by atoms with van der Waals surface area (Å²) in [6, 6.07) is 7.21. The minimum atomic E-state index is -0.170. The highest BCUT2D eigenvalue weighted by molar-refractivity contribution is 5.94. The second kappa shape index (κ2) is 6.35. The summed E-state index contributed by atoms with van der Waals surface area (Å²) in [7, 11) is 0. The summed E-state index contributed by atoms with van der Waals surface area (Å²) in [5.41, 5.74) is 9.01. The van der Waals surface area contributed by atoms with E-state index < -0.39 is 0 Å². The zero-order valence-corrected chi connectivity index (χ0v) is 12.6. The molecule has 1 amide bonds. The van der Waals surface area contributed by atoms with Gasteiger partial charge in [-0.1, -0.05) is 19.9 Å². The fraction of sp³-hybridized carbons (Fsp3) is 0.312. The molecule has 0 unspecified atom stereocenters. The molecule has 0 saturated carbocycles. The number of nitrogens with two attached hydrogens (primary N) is 1. The molecule has 0 radical (unpaired) electrons. The summed E-state index contributed by atoms with van der Waals surface area (Å²) in [5.74, 6) is 0.412. The van der Waals surface area contributed by atoms with Gasteiger partial charge in [-0.05, 0) is 36.6 Å². The van der Waals surface area contributed by atoms with Crippen LogP contribution in [0.4, 0.5) is 5.82 Å². The Labute approximate surface area is 124 Å². The zero-order valence-electron chi connectivity index (χ0n) is 12.6. The van der Waals surface area contributed by atoms with Gasteiger partial charge in [-0.25, -0.2) is 4.98 Å². The quantitative estimate of drug-likeness (QED) is 0.903. The molecule has 0 spiro atoms. The van der Waals surface area contributed by atoms with Crippen molar-refractivity contribution in [1.29, 1.82) is 0 Å². The summed E-state index contributed by atoms with van der Waals surface area (Å²) in [6.07, 6.45) is 1.72. The number of carbonyl (C=O) groups is 1. The first-order chi connectivity index (χ1) is 9.97. The molecule has 2 aromatic heterocycles. The van der Waals surface area contributed by atoms with Crippen LogP contribution in [-0.4, -0.2) is 15.9 Å². The summed E-state index contributed by atoms with van der Waals surface area (Å²) in [6.45, 7) is 6.39. The van der Waals surface area contributed by atoms with Crippen molar-refractivity contribution < 1.29 is 4.79 Å². The van der Waals surface area contributed by atoms with Crippen LogP contribution in [0.15, 0.2) is 30.5 Å². The fourth-order valence-electron chi connectivity index (χ4n) is 1.97. The van der Waals surface area contributed by atoms with Crippen molar-refractivity contribution in [3.8, 4) is 0 Å². The minimum Gasteiger partial charge on any atom is -0.384 e. The molecule has 5 nitrogen and oxygen atoms in total. The lowest BCUT2D eigenvalue weighted by atomic mass is 10.1. The van der Waals surface area contributed by atoms with E-state index in [0.29, 0.717) is 17.9 Å². The molecule has 0 aliphatic heterocycles. The molecular weight excluding hydrogens is 264 g/mol. The summed E-state index contributed by atoms with van der Waals surface area (Å²) >= 11 is 0. The van der Waals surface area contributed by atoms with Gasteiger partial charge in [0, 0.05) is 17.5 Å². The Morgan fingerprint density at radius 2 is 2.14 bits per heavy atom. The van der Waals surface area contributed by atoms with Crippen molar-refractivity contribution in [2.24, 2.45) is 0 Å². The molecule has 110 valence electrons. The van der Waals surface area contributed by atoms with Crippen molar-refractivity contribution in [3.63, 3.8) is 0 Å². The number of hydrogen-bond acceptors (Lipinski definition) is 4. The maximum atomic E-state index is 12.2. The van der Waals surface area contributed by atoms with E-state index >= 15 is 0 Å². The van der Waals surface area contributed by atoms with E-state index in [1.807, 2.05) is 32.9 Å². The van der Waals surface area contributed by atoms with Crippen LogP contribution in [0, 0.1) is 6.92 Å². The first-order valence-corrected chi connectivity index (χ1v) is 6.93. The second-order valence-corrected chi connectivity index (χ2v) is 5.31. The average molecular weight is 284 g/mol. The summed E-state index contributed by atoms with van der Waals surface area (Å²) in [5, 5.41) is 2.86. The molecule has 2 aromatic rings. The number of nitrogens with zero attached hydrogens (tertiary/aromatic N) is 2. The lowest BCUT2D eigenvalue weighted by Crippen LogP contribution is -2.24. The number of amides is 1. The Morgan fingerprint density at radius 3 is 2.81 bits per heavy atom. The van der Waals surface area contributed by atoms with E-state index in [1.54, 1.807) is 18.3 Å². The van der Waals surface area contributed by atoms with Gasteiger partial charge in [0.15, 0.2) is 0 Å². The number of aromatic nitrogens is 2. The van der Waals surface area contributed by atoms with Crippen LogP contribution in [0.25, 0.3) is 0 Å². The van der Waals surface area contributed by atoms with Gasteiger partial charge in [-0.2, -0.15) is 0 Å². The first kappa shape index (κ1) is 15.0. The fourth-order valence-corrected chi connectivity index (χ4v) is 1.97. The van der Waals surface area contributed by atoms with Gasteiger partial charge in [0.2, 0.25) is 0 Å². The Balaban J connectivity index is 2.12. The van der Waals surface area contributed by atoms with Crippen molar-refractivity contribution in [1.82, 2.24) is 15.3 Å². The smallest absolute Gasteiger partial charge is 0.251 e. The van der Waals surface area contributed by atoms with E-state index in [-0.39, 0.29) is 11.8 Å². The monoisotopic (exact) mass is 284 g/mol. The molecule has 2 heterocycles. The largest absolute Gasteiger partial charge is 0.384 e. The standard InChI is InChI=1S/C16H20N4O/c1-10(2)13-7-12(8-15(17)20-13)16(21)19-9-14-11(3)5-4-6-18-14/h4-8,10H,9H2,1-3H3,(H2,17,20)(H,19,21). The zero-order chi connectivity index (χ0) is 15.4. The number of nitrogen functional groups attached to an aromatic ring is 1. The highest BCUT2D eigenvalue weighted by atomic mass is 16.1. The van der Waals surface area contributed by atoms with Crippen LogP contribution in [0.5, 0.6) is 0 Å². The summed E-state index contributed by atoms with van der Waals surface area (Å²) in [4.78, 5) is 20.7. The maximum Gasteiger partial charge on any atom is 0.251 e. The predicted octanol–water partition coefficient (Wildman–Crippen LogP) is 2.42. The first-order valence-electron chi connectivity index (χ1n) is 6.93. The number of pyridine rings is 2. The molecule has 0 atom stereocenters. The third kappa shape index (κ3) is 3.78. The Kier molecular flexibility index (Phi) is 4.52. The van der Waals surface area contributed by atoms with Crippen LogP contribution in [0.1, 0.15) is 47.1 Å². The van der Waals surface area contributed by atoms with E-state index in [4.69, 9.17) is 5.73 Å². The predicted molar refractivity (Wildman–Crippen MR) is 82.9 cm³/mol. The molecule has 3 N–H and O–H groups in total. The third-order valence-corrected chi connectivity index (χ3v) is 3.25. The molecule has 21 heavy (non-hydrogen) atoms. The van der Waals surface area contributed by atoms with Gasteiger partial charge >= 0.3 is 0 Å². The maximum absolute atomic E-state index is 12.2. The van der Waals surface area contributed by atoms with E-state index in [9.17, 15) is 4.79 Å². The molecule has 0 fully saturated rings. The average Bonchev–Trinajstić information content (AvgIpc) is 2.45. The number of hydrogen-bond donors (Lipinski definition) is 2. The van der Waals surface area contributed by atoms with E-state index in [0.717, 1.165) is 17.0 Å². The molecule has 0 bridgehead atoms. The van der Waals surface area contributed by atoms with E-state index in [2.05, 4.69) is 15.3 Å². The van der Waals surface area contributed by atoms with E-state index in [1.165, 1.54) is 0 Å². The molecule has 0 aliphatic rings. The van der Waals surface area contributed by atoms with Gasteiger partial charge in [0.1, 0.15) is 5.82 Å². The van der Waals surface area contributed by atoms with Crippen LogP contribution >= 0.6 is 0 Å². The van der Waals surface area contributed by atoms with Crippen molar-refractivity contribution in [3.05, 3.63) is 53.0 Å².